The zero-order chi connectivity index (χ0) is 14.8. The fraction of sp³-hybridized carbons (Fsp3) is 0.471. The van der Waals surface area contributed by atoms with Gasteiger partial charge in [-0.2, -0.15) is 0 Å². The number of benzene rings is 1. The molecule has 0 amide bonds. The van der Waals surface area contributed by atoms with E-state index in [9.17, 15) is 0 Å². The highest BCUT2D eigenvalue weighted by molar-refractivity contribution is 6.35. The van der Waals surface area contributed by atoms with Gasteiger partial charge in [0.15, 0.2) is 0 Å². The summed E-state index contributed by atoms with van der Waals surface area (Å²) in [6, 6.07) is 8.40. The number of nitrogens with zero attached hydrogens (tertiary/aromatic N) is 2. The second-order valence-electron chi connectivity index (χ2n) is 6.07. The molecule has 0 radical (unpaired) electrons. The van der Waals surface area contributed by atoms with E-state index < -0.39 is 0 Å². The van der Waals surface area contributed by atoms with Crippen LogP contribution >= 0.6 is 11.6 Å². The zero-order valence-electron chi connectivity index (χ0n) is 12.6. The van der Waals surface area contributed by atoms with Crippen LogP contribution in [-0.4, -0.2) is 36.1 Å². The Morgan fingerprint density at radius 2 is 2.05 bits per heavy atom. The standard InChI is InChI=1S/C17H22ClN3/c1-12(13-7-10-21(2)11-8-13)20-16-6-5-15(18)14-4-3-9-19-17(14)16/h3-6,9,12-13,20H,7-8,10-11H2,1-2H3. The Bertz CT molecular complexity index is 620. The van der Waals surface area contributed by atoms with Gasteiger partial charge in [0.05, 0.1) is 16.2 Å². The smallest absolute Gasteiger partial charge is 0.0948 e. The minimum absolute atomic E-state index is 0.449. The molecule has 0 saturated carbocycles. The van der Waals surface area contributed by atoms with Crippen LogP contribution in [0.4, 0.5) is 5.69 Å². The third-order valence-corrected chi connectivity index (χ3v) is 4.90. The van der Waals surface area contributed by atoms with Crippen LogP contribution in [0.15, 0.2) is 30.5 Å². The monoisotopic (exact) mass is 303 g/mol. The second kappa shape index (κ2) is 6.20. The van der Waals surface area contributed by atoms with Crippen LogP contribution in [0.3, 0.4) is 0 Å². The number of hydrogen-bond acceptors (Lipinski definition) is 3. The molecule has 3 rings (SSSR count). The predicted molar refractivity (Wildman–Crippen MR) is 90.1 cm³/mol. The first-order chi connectivity index (χ1) is 10.1. The van der Waals surface area contributed by atoms with E-state index in [4.69, 9.17) is 11.6 Å². The normalized spacial score (nSPS) is 18.8. The molecule has 112 valence electrons. The molecule has 3 nitrogen and oxygen atoms in total. The first kappa shape index (κ1) is 14.6. The van der Waals surface area contributed by atoms with Gasteiger partial charge in [-0.1, -0.05) is 11.6 Å². The summed E-state index contributed by atoms with van der Waals surface area (Å²) in [7, 11) is 2.20. The summed E-state index contributed by atoms with van der Waals surface area (Å²) < 4.78 is 0. The number of nitrogens with one attached hydrogen (secondary N) is 1. The van der Waals surface area contributed by atoms with E-state index in [2.05, 4.69) is 29.2 Å². The molecular weight excluding hydrogens is 282 g/mol. The molecule has 1 atom stereocenters. The zero-order valence-corrected chi connectivity index (χ0v) is 13.4. The number of fused-ring (bicyclic) bond motifs is 1. The molecule has 1 unspecified atom stereocenters. The van der Waals surface area contributed by atoms with Gasteiger partial charge < -0.3 is 10.2 Å². The third kappa shape index (κ3) is 3.14. The van der Waals surface area contributed by atoms with Crippen molar-refractivity contribution in [3.05, 3.63) is 35.5 Å². The minimum Gasteiger partial charge on any atom is -0.381 e. The topological polar surface area (TPSA) is 28.2 Å². The summed E-state index contributed by atoms with van der Waals surface area (Å²) >= 11 is 6.26. The molecular formula is C17H22ClN3. The van der Waals surface area contributed by atoms with Crippen molar-refractivity contribution in [3.8, 4) is 0 Å². The van der Waals surface area contributed by atoms with Crippen LogP contribution < -0.4 is 5.32 Å². The molecule has 1 saturated heterocycles. The molecule has 1 aromatic heterocycles. The minimum atomic E-state index is 0.449. The van der Waals surface area contributed by atoms with Gasteiger partial charge in [0, 0.05) is 17.6 Å². The van der Waals surface area contributed by atoms with Gasteiger partial charge in [-0.3, -0.25) is 4.98 Å². The van der Waals surface area contributed by atoms with Crippen molar-refractivity contribution < 1.29 is 0 Å². The first-order valence-corrected chi connectivity index (χ1v) is 8.01. The van der Waals surface area contributed by atoms with Crippen molar-refractivity contribution in [2.75, 3.05) is 25.5 Å². The van der Waals surface area contributed by atoms with Crippen LogP contribution in [0.5, 0.6) is 0 Å². The number of rotatable bonds is 3. The number of piperidine rings is 1. The summed E-state index contributed by atoms with van der Waals surface area (Å²) in [5, 5.41) is 5.43. The average Bonchev–Trinajstić information content (AvgIpc) is 2.51. The lowest BCUT2D eigenvalue weighted by Crippen LogP contribution is -2.37. The molecule has 1 aliphatic heterocycles. The lowest BCUT2D eigenvalue weighted by atomic mass is 9.90. The van der Waals surface area contributed by atoms with Gasteiger partial charge in [0.2, 0.25) is 0 Å². The molecule has 2 heterocycles. The SMILES string of the molecule is CC(Nc1ccc(Cl)c2cccnc12)C1CCN(C)CC1. The van der Waals surface area contributed by atoms with Gasteiger partial charge in [-0.15, -0.1) is 0 Å². The fourth-order valence-corrected chi connectivity index (χ4v) is 3.36. The Morgan fingerprint density at radius 3 is 2.81 bits per heavy atom. The van der Waals surface area contributed by atoms with E-state index in [1.54, 1.807) is 0 Å². The lowest BCUT2D eigenvalue weighted by Gasteiger charge is -2.33. The van der Waals surface area contributed by atoms with E-state index >= 15 is 0 Å². The summed E-state index contributed by atoms with van der Waals surface area (Å²) in [5.41, 5.74) is 2.05. The van der Waals surface area contributed by atoms with E-state index in [0.717, 1.165) is 27.5 Å². The van der Waals surface area contributed by atoms with Crippen LogP contribution in [0.25, 0.3) is 10.9 Å². The van der Waals surface area contributed by atoms with E-state index in [-0.39, 0.29) is 0 Å². The first-order valence-electron chi connectivity index (χ1n) is 7.63. The average molecular weight is 304 g/mol. The largest absolute Gasteiger partial charge is 0.381 e. The second-order valence-corrected chi connectivity index (χ2v) is 6.48. The van der Waals surface area contributed by atoms with Gasteiger partial charge in [0.1, 0.15) is 0 Å². The summed E-state index contributed by atoms with van der Waals surface area (Å²) in [6.07, 6.45) is 4.33. The highest BCUT2D eigenvalue weighted by Crippen LogP contribution is 2.30. The van der Waals surface area contributed by atoms with Crippen molar-refractivity contribution in [2.45, 2.75) is 25.8 Å². The summed E-state index contributed by atoms with van der Waals surface area (Å²) in [6.45, 7) is 4.66. The number of likely N-dealkylation sites (tertiary alicyclic amines) is 1. The van der Waals surface area contributed by atoms with E-state index in [1.165, 1.54) is 25.9 Å². The third-order valence-electron chi connectivity index (χ3n) is 4.57. The van der Waals surface area contributed by atoms with E-state index in [0.29, 0.717) is 6.04 Å². The number of pyridine rings is 1. The molecule has 0 aliphatic carbocycles. The predicted octanol–water partition coefficient (Wildman–Crippen LogP) is 4.03. The Balaban J connectivity index is 1.80. The van der Waals surface area contributed by atoms with Crippen LogP contribution in [-0.2, 0) is 0 Å². The Kier molecular flexibility index (Phi) is 4.32. The van der Waals surface area contributed by atoms with Crippen molar-refractivity contribution in [1.29, 1.82) is 0 Å². The molecule has 1 fully saturated rings. The number of hydrogen-bond donors (Lipinski definition) is 1. The van der Waals surface area contributed by atoms with Crippen LogP contribution in [0.1, 0.15) is 19.8 Å². The highest BCUT2D eigenvalue weighted by Gasteiger charge is 2.22. The van der Waals surface area contributed by atoms with Gasteiger partial charge >= 0.3 is 0 Å². The van der Waals surface area contributed by atoms with E-state index in [1.807, 2.05) is 30.5 Å². The molecule has 0 spiro atoms. The number of anilines is 1. The van der Waals surface area contributed by atoms with Crippen LogP contribution in [0, 0.1) is 5.92 Å². The number of halogens is 1. The maximum atomic E-state index is 6.26. The van der Waals surface area contributed by atoms with Crippen LogP contribution in [0.2, 0.25) is 5.02 Å². The Hall–Kier alpha value is -1.32. The van der Waals surface area contributed by atoms with Gasteiger partial charge in [0.25, 0.3) is 0 Å². The lowest BCUT2D eigenvalue weighted by molar-refractivity contribution is 0.208. The molecule has 1 N–H and O–H groups in total. The summed E-state index contributed by atoms with van der Waals surface area (Å²) in [5.74, 6) is 0.718. The van der Waals surface area contributed by atoms with Crippen molar-refractivity contribution in [1.82, 2.24) is 9.88 Å². The van der Waals surface area contributed by atoms with Crippen molar-refractivity contribution >= 4 is 28.2 Å². The Morgan fingerprint density at radius 1 is 1.29 bits per heavy atom. The summed E-state index contributed by atoms with van der Waals surface area (Å²) in [4.78, 5) is 6.90. The molecule has 0 bridgehead atoms. The Labute approximate surface area is 131 Å². The van der Waals surface area contributed by atoms with Crippen molar-refractivity contribution in [2.24, 2.45) is 5.92 Å². The van der Waals surface area contributed by atoms with Gasteiger partial charge in [-0.25, -0.2) is 0 Å². The fourth-order valence-electron chi connectivity index (χ4n) is 3.15. The maximum Gasteiger partial charge on any atom is 0.0948 e. The molecule has 4 heteroatoms. The molecule has 1 aliphatic rings. The number of aromatic nitrogens is 1. The molecule has 21 heavy (non-hydrogen) atoms. The van der Waals surface area contributed by atoms with Crippen molar-refractivity contribution in [3.63, 3.8) is 0 Å². The molecule has 2 aromatic rings. The maximum absolute atomic E-state index is 6.26. The quantitative estimate of drug-likeness (QED) is 0.928. The van der Waals surface area contributed by atoms with Gasteiger partial charge in [-0.05, 0) is 70.1 Å². The molecule has 1 aromatic carbocycles. The highest BCUT2D eigenvalue weighted by atomic mass is 35.5.